The number of hydrogen-bond acceptors (Lipinski definition) is 2. The molecule has 28 heavy (non-hydrogen) atoms. The van der Waals surface area contributed by atoms with Gasteiger partial charge in [0.2, 0.25) is 5.91 Å². The van der Waals surface area contributed by atoms with E-state index < -0.39 is 0 Å². The van der Waals surface area contributed by atoms with Gasteiger partial charge in [0.1, 0.15) is 0 Å². The smallest absolute Gasteiger partial charge is 0.323 e. The van der Waals surface area contributed by atoms with Crippen LogP contribution >= 0.6 is 0 Å². The van der Waals surface area contributed by atoms with Gasteiger partial charge in [0.25, 0.3) is 0 Å². The van der Waals surface area contributed by atoms with Gasteiger partial charge in [0.05, 0.1) is 0 Å². The molecule has 3 aromatic rings. The maximum Gasteiger partial charge on any atom is 0.323 e. The molecular weight excluding hydrogens is 350 g/mol. The zero-order valence-electron chi connectivity index (χ0n) is 15.7. The average Bonchev–Trinajstić information content (AvgIpc) is 2.71. The first-order valence-electron chi connectivity index (χ1n) is 9.18. The van der Waals surface area contributed by atoms with Gasteiger partial charge in [-0.1, -0.05) is 55.5 Å². The van der Waals surface area contributed by atoms with Crippen LogP contribution in [-0.4, -0.2) is 11.9 Å². The topological polar surface area (TPSA) is 70.2 Å². The molecule has 0 radical (unpaired) electrons. The lowest BCUT2D eigenvalue weighted by atomic mass is 9.97. The molecule has 0 aromatic heterocycles. The van der Waals surface area contributed by atoms with Crippen molar-refractivity contribution in [2.45, 2.75) is 19.3 Å². The molecular formula is C23H23N3O2. The lowest BCUT2D eigenvalue weighted by Crippen LogP contribution is -2.19. The molecule has 0 bridgehead atoms. The number of nitrogens with one attached hydrogen (secondary N) is 3. The Kier molecular flexibility index (Phi) is 6.41. The number of anilines is 3. The monoisotopic (exact) mass is 373 g/mol. The molecule has 0 aliphatic heterocycles. The van der Waals surface area contributed by atoms with Crippen LogP contribution in [0.1, 0.15) is 24.8 Å². The molecule has 0 aliphatic rings. The number of carbonyl (C=O) groups excluding carboxylic acids is 2. The normalized spacial score (nSPS) is 11.3. The quantitative estimate of drug-likeness (QED) is 0.537. The molecule has 1 atom stereocenters. The molecule has 3 N–H and O–H groups in total. The number of para-hydroxylation sites is 1. The SMILES string of the molecule is CC(CC(=O)Nc1ccc(NC(=O)Nc2ccccc2)cc1)c1ccccc1. The molecule has 5 nitrogen and oxygen atoms in total. The Labute approximate surface area is 164 Å². The Morgan fingerprint density at radius 1 is 0.679 bits per heavy atom. The van der Waals surface area contributed by atoms with E-state index in [1.165, 1.54) is 0 Å². The molecule has 142 valence electrons. The van der Waals surface area contributed by atoms with Gasteiger partial charge in [-0.25, -0.2) is 4.79 Å². The maximum atomic E-state index is 12.3. The molecule has 3 amide bonds. The lowest BCUT2D eigenvalue weighted by Gasteiger charge is -2.12. The Morgan fingerprint density at radius 3 is 1.71 bits per heavy atom. The molecule has 0 saturated carbocycles. The zero-order valence-corrected chi connectivity index (χ0v) is 15.7. The van der Waals surface area contributed by atoms with Crippen LogP contribution in [0.2, 0.25) is 0 Å². The number of carbonyl (C=O) groups is 2. The molecule has 0 fully saturated rings. The van der Waals surface area contributed by atoms with E-state index in [1.54, 1.807) is 24.3 Å². The summed E-state index contributed by atoms with van der Waals surface area (Å²) < 4.78 is 0. The minimum atomic E-state index is -0.320. The zero-order chi connectivity index (χ0) is 19.8. The Balaban J connectivity index is 1.50. The average molecular weight is 373 g/mol. The first kappa shape index (κ1) is 19.2. The predicted molar refractivity (Wildman–Crippen MR) is 114 cm³/mol. The van der Waals surface area contributed by atoms with Crippen LogP contribution < -0.4 is 16.0 Å². The van der Waals surface area contributed by atoms with Crippen LogP contribution in [-0.2, 0) is 4.79 Å². The van der Waals surface area contributed by atoms with Crippen molar-refractivity contribution in [3.63, 3.8) is 0 Å². The van der Waals surface area contributed by atoms with Crippen LogP contribution in [0.3, 0.4) is 0 Å². The third kappa shape index (κ3) is 5.71. The molecule has 0 heterocycles. The third-order valence-corrected chi connectivity index (χ3v) is 4.32. The fourth-order valence-electron chi connectivity index (χ4n) is 2.84. The van der Waals surface area contributed by atoms with Crippen molar-refractivity contribution < 1.29 is 9.59 Å². The van der Waals surface area contributed by atoms with Crippen molar-refractivity contribution in [2.75, 3.05) is 16.0 Å². The maximum absolute atomic E-state index is 12.3. The number of amides is 3. The Morgan fingerprint density at radius 2 is 1.14 bits per heavy atom. The summed E-state index contributed by atoms with van der Waals surface area (Å²) in [6, 6.07) is 25.9. The van der Waals surface area contributed by atoms with Crippen LogP contribution in [0, 0.1) is 0 Å². The minimum absolute atomic E-state index is 0.0427. The second-order valence-corrected chi connectivity index (χ2v) is 6.59. The Bertz CT molecular complexity index is 910. The molecule has 5 heteroatoms. The summed E-state index contributed by atoms with van der Waals surface area (Å²) in [6.45, 7) is 2.03. The van der Waals surface area contributed by atoms with Crippen LogP contribution in [0.5, 0.6) is 0 Å². The van der Waals surface area contributed by atoms with Crippen LogP contribution in [0.15, 0.2) is 84.9 Å². The van der Waals surface area contributed by atoms with Gasteiger partial charge >= 0.3 is 6.03 Å². The fourth-order valence-corrected chi connectivity index (χ4v) is 2.84. The second kappa shape index (κ2) is 9.37. The van der Waals surface area contributed by atoms with Gasteiger partial charge in [0, 0.05) is 23.5 Å². The van der Waals surface area contributed by atoms with E-state index in [4.69, 9.17) is 0 Å². The summed E-state index contributed by atoms with van der Waals surface area (Å²) in [5.74, 6) is 0.0997. The van der Waals surface area contributed by atoms with E-state index in [-0.39, 0.29) is 17.9 Å². The highest BCUT2D eigenvalue weighted by molar-refractivity contribution is 6.00. The molecule has 3 aromatic carbocycles. The van der Waals surface area contributed by atoms with Gasteiger partial charge in [0.15, 0.2) is 0 Å². The van der Waals surface area contributed by atoms with Crippen molar-refractivity contribution in [1.82, 2.24) is 0 Å². The molecule has 0 aliphatic carbocycles. The summed E-state index contributed by atoms with van der Waals surface area (Å²) in [4.78, 5) is 24.3. The second-order valence-electron chi connectivity index (χ2n) is 6.59. The molecule has 1 unspecified atom stereocenters. The van der Waals surface area contributed by atoms with Gasteiger partial charge in [-0.05, 0) is 47.9 Å². The minimum Gasteiger partial charge on any atom is -0.326 e. The van der Waals surface area contributed by atoms with Crippen molar-refractivity contribution >= 4 is 29.0 Å². The van der Waals surface area contributed by atoms with Crippen LogP contribution in [0.4, 0.5) is 21.9 Å². The summed E-state index contributed by atoms with van der Waals surface area (Å²) in [6.07, 6.45) is 0.406. The summed E-state index contributed by atoms with van der Waals surface area (Å²) in [7, 11) is 0. The standard InChI is InChI=1S/C23H23N3O2/c1-17(18-8-4-2-5-9-18)16-22(27)24-20-12-14-21(15-13-20)26-23(28)25-19-10-6-3-7-11-19/h2-15,17H,16H2,1H3,(H,24,27)(H2,25,26,28). The van der Waals surface area contributed by atoms with Crippen molar-refractivity contribution in [3.05, 3.63) is 90.5 Å². The van der Waals surface area contributed by atoms with Gasteiger partial charge in [-0.2, -0.15) is 0 Å². The van der Waals surface area contributed by atoms with Crippen LogP contribution in [0.25, 0.3) is 0 Å². The first-order valence-corrected chi connectivity index (χ1v) is 9.18. The molecule has 0 spiro atoms. The van der Waals surface area contributed by atoms with Gasteiger partial charge in [-0.3, -0.25) is 4.79 Å². The first-order chi connectivity index (χ1) is 13.6. The highest BCUT2D eigenvalue weighted by Crippen LogP contribution is 2.20. The molecule has 0 saturated heterocycles. The number of urea groups is 1. The van der Waals surface area contributed by atoms with E-state index in [0.29, 0.717) is 17.8 Å². The summed E-state index contributed by atoms with van der Waals surface area (Å²) >= 11 is 0. The van der Waals surface area contributed by atoms with E-state index in [9.17, 15) is 9.59 Å². The molecule has 3 rings (SSSR count). The lowest BCUT2D eigenvalue weighted by molar-refractivity contribution is -0.116. The summed E-state index contributed by atoms with van der Waals surface area (Å²) in [5.41, 5.74) is 3.20. The Hall–Kier alpha value is -3.60. The summed E-state index contributed by atoms with van der Waals surface area (Å²) in [5, 5.41) is 8.41. The number of hydrogen-bond donors (Lipinski definition) is 3. The third-order valence-electron chi connectivity index (χ3n) is 4.32. The van der Waals surface area contributed by atoms with Crippen molar-refractivity contribution in [3.8, 4) is 0 Å². The fraction of sp³-hybridized carbons (Fsp3) is 0.130. The highest BCUT2D eigenvalue weighted by Gasteiger charge is 2.11. The van der Waals surface area contributed by atoms with E-state index in [2.05, 4.69) is 16.0 Å². The predicted octanol–water partition coefficient (Wildman–Crippen LogP) is 5.46. The highest BCUT2D eigenvalue weighted by atomic mass is 16.2. The van der Waals surface area contributed by atoms with Crippen molar-refractivity contribution in [2.24, 2.45) is 0 Å². The number of rotatable bonds is 6. The van der Waals surface area contributed by atoms with Gasteiger partial charge in [-0.15, -0.1) is 0 Å². The van der Waals surface area contributed by atoms with E-state index in [1.807, 2.05) is 67.6 Å². The van der Waals surface area contributed by atoms with Gasteiger partial charge < -0.3 is 16.0 Å². The van der Waals surface area contributed by atoms with E-state index in [0.717, 1.165) is 11.3 Å². The largest absolute Gasteiger partial charge is 0.326 e. The van der Waals surface area contributed by atoms with Crippen molar-refractivity contribution in [1.29, 1.82) is 0 Å². The van der Waals surface area contributed by atoms with E-state index >= 15 is 0 Å². The number of benzene rings is 3.